The van der Waals surface area contributed by atoms with Crippen molar-refractivity contribution in [2.75, 3.05) is 23.3 Å². The van der Waals surface area contributed by atoms with Crippen molar-refractivity contribution in [2.24, 2.45) is 11.1 Å². The van der Waals surface area contributed by atoms with E-state index in [-0.39, 0.29) is 16.7 Å². The third-order valence-electron chi connectivity index (χ3n) is 4.40. The topological polar surface area (TPSA) is 136 Å². The predicted octanol–water partition coefficient (Wildman–Crippen LogP) is 0.385. The molecule has 0 aliphatic carbocycles. The third-order valence-corrected chi connectivity index (χ3v) is 5.33. The average molecular weight is 399 g/mol. The van der Waals surface area contributed by atoms with Crippen LogP contribution < -0.4 is 15.4 Å². The summed E-state index contributed by atoms with van der Waals surface area (Å²) >= 11 is 0. The molecule has 0 spiro atoms. The van der Waals surface area contributed by atoms with E-state index in [1.807, 2.05) is 11.0 Å². The number of anilines is 2. The summed E-state index contributed by atoms with van der Waals surface area (Å²) in [6.07, 6.45) is 4.92. The van der Waals surface area contributed by atoms with E-state index in [1.165, 1.54) is 30.6 Å². The van der Waals surface area contributed by atoms with Gasteiger partial charge in [0.1, 0.15) is 12.1 Å². The second-order valence-electron chi connectivity index (χ2n) is 6.35. The van der Waals surface area contributed by atoms with Gasteiger partial charge in [-0.3, -0.25) is 4.79 Å². The number of primary sulfonamides is 1. The predicted molar refractivity (Wildman–Crippen MR) is 101 cm³/mol. The van der Waals surface area contributed by atoms with Gasteiger partial charge < -0.3 is 10.2 Å². The molecule has 1 amide bonds. The molecule has 1 fully saturated rings. The fourth-order valence-corrected chi connectivity index (χ4v) is 3.36. The summed E-state index contributed by atoms with van der Waals surface area (Å²) in [5, 5.41) is 12.0. The molecule has 144 valence electrons. The Morgan fingerprint density at radius 1 is 1.14 bits per heavy atom. The Morgan fingerprint density at radius 3 is 2.50 bits per heavy atom. The molecule has 0 radical (unpaired) electrons. The highest BCUT2D eigenvalue weighted by atomic mass is 32.2. The molecular formula is C17H17N7O3S. The minimum atomic E-state index is -3.75. The molecule has 2 aromatic heterocycles. The van der Waals surface area contributed by atoms with E-state index in [9.17, 15) is 13.2 Å². The minimum Gasteiger partial charge on any atom is -0.355 e. The van der Waals surface area contributed by atoms with Crippen molar-refractivity contribution in [3.63, 3.8) is 0 Å². The van der Waals surface area contributed by atoms with E-state index >= 15 is 0 Å². The summed E-state index contributed by atoms with van der Waals surface area (Å²) in [5.41, 5.74) is 0.513. The quantitative estimate of drug-likeness (QED) is 0.633. The molecule has 4 rings (SSSR count). The molecular weight excluding hydrogens is 382 g/mol. The lowest BCUT2D eigenvalue weighted by Crippen LogP contribution is -2.52. The molecule has 1 aromatic carbocycles. The standard InChI is InChI=1S/C17H17N7O3S/c18-28(26,27)14-4-2-13(3-5-14)22-17(25)12-9-23(10-12)15-8-16(20-11-19-15)24-7-1-6-21-24/h1-8,11-12H,9-10H2,(H,22,25)(H2,18,26,27). The maximum atomic E-state index is 12.4. The first-order valence-electron chi connectivity index (χ1n) is 8.41. The van der Waals surface area contributed by atoms with Crippen LogP contribution in [0.15, 0.2) is 60.0 Å². The number of nitrogens with one attached hydrogen (secondary N) is 1. The largest absolute Gasteiger partial charge is 0.355 e. The summed E-state index contributed by atoms with van der Waals surface area (Å²) in [7, 11) is -3.75. The van der Waals surface area contributed by atoms with Crippen LogP contribution in [0.4, 0.5) is 11.5 Å². The molecule has 0 bridgehead atoms. The van der Waals surface area contributed by atoms with Gasteiger partial charge >= 0.3 is 0 Å². The van der Waals surface area contributed by atoms with Crippen LogP contribution in [0.3, 0.4) is 0 Å². The van der Waals surface area contributed by atoms with Crippen LogP contribution in [-0.4, -0.2) is 47.2 Å². The first kappa shape index (κ1) is 18.1. The summed E-state index contributed by atoms with van der Waals surface area (Å²) in [4.78, 5) is 22.8. The van der Waals surface area contributed by atoms with Gasteiger partial charge in [0.15, 0.2) is 5.82 Å². The first-order chi connectivity index (χ1) is 13.4. The second kappa shape index (κ2) is 7.02. The molecule has 1 saturated heterocycles. The fourth-order valence-electron chi connectivity index (χ4n) is 2.84. The second-order valence-corrected chi connectivity index (χ2v) is 7.91. The van der Waals surface area contributed by atoms with E-state index in [4.69, 9.17) is 5.14 Å². The van der Waals surface area contributed by atoms with E-state index in [0.29, 0.717) is 24.6 Å². The molecule has 3 aromatic rings. The van der Waals surface area contributed by atoms with Crippen molar-refractivity contribution in [3.05, 3.63) is 55.1 Å². The number of hydrogen-bond acceptors (Lipinski definition) is 7. The molecule has 28 heavy (non-hydrogen) atoms. The molecule has 3 heterocycles. The highest BCUT2D eigenvalue weighted by Crippen LogP contribution is 2.25. The number of amides is 1. The monoisotopic (exact) mass is 399 g/mol. The number of rotatable bonds is 5. The number of nitrogens with two attached hydrogens (primary N) is 1. The fraction of sp³-hybridized carbons (Fsp3) is 0.176. The van der Waals surface area contributed by atoms with Crippen molar-refractivity contribution in [2.45, 2.75) is 4.90 Å². The molecule has 11 heteroatoms. The Morgan fingerprint density at radius 2 is 1.86 bits per heavy atom. The van der Waals surface area contributed by atoms with E-state index in [0.717, 1.165) is 5.82 Å². The van der Waals surface area contributed by atoms with Crippen LogP contribution in [-0.2, 0) is 14.8 Å². The number of carbonyl (C=O) groups excluding carboxylic acids is 1. The van der Waals surface area contributed by atoms with Gasteiger partial charge in [-0.1, -0.05) is 0 Å². The number of nitrogens with zero attached hydrogens (tertiary/aromatic N) is 5. The summed E-state index contributed by atoms with van der Waals surface area (Å²) < 4.78 is 24.2. The van der Waals surface area contributed by atoms with Gasteiger partial charge in [-0.15, -0.1) is 0 Å². The maximum absolute atomic E-state index is 12.4. The van der Waals surface area contributed by atoms with Crippen molar-refractivity contribution in [3.8, 4) is 5.82 Å². The highest BCUT2D eigenvalue weighted by Gasteiger charge is 2.33. The maximum Gasteiger partial charge on any atom is 0.238 e. The summed E-state index contributed by atoms with van der Waals surface area (Å²) in [5.74, 6) is 1.04. The van der Waals surface area contributed by atoms with Crippen LogP contribution in [0.2, 0.25) is 0 Å². The number of aromatic nitrogens is 4. The molecule has 0 saturated carbocycles. The van der Waals surface area contributed by atoms with Gasteiger partial charge in [0, 0.05) is 37.2 Å². The van der Waals surface area contributed by atoms with Gasteiger partial charge in [0.25, 0.3) is 0 Å². The molecule has 10 nitrogen and oxygen atoms in total. The Hall–Kier alpha value is -3.31. The average Bonchev–Trinajstić information content (AvgIpc) is 3.15. The summed E-state index contributed by atoms with van der Waals surface area (Å²) in [6, 6.07) is 9.35. The van der Waals surface area contributed by atoms with Gasteiger partial charge in [-0.2, -0.15) is 5.10 Å². The molecule has 1 aliphatic rings. The number of hydrogen-bond donors (Lipinski definition) is 2. The molecule has 3 N–H and O–H groups in total. The van der Waals surface area contributed by atoms with Crippen LogP contribution in [0.5, 0.6) is 0 Å². The number of carbonyl (C=O) groups is 1. The zero-order valence-electron chi connectivity index (χ0n) is 14.6. The number of benzene rings is 1. The zero-order valence-corrected chi connectivity index (χ0v) is 15.5. The Kier molecular flexibility index (Phi) is 4.53. The summed E-state index contributed by atoms with van der Waals surface area (Å²) in [6.45, 7) is 1.05. The van der Waals surface area contributed by atoms with Gasteiger partial charge in [0.2, 0.25) is 15.9 Å². The lowest BCUT2D eigenvalue weighted by Gasteiger charge is -2.39. The van der Waals surface area contributed by atoms with Crippen molar-refractivity contribution >= 4 is 27.4 Å². The van der Waals surface area contributed by atoms with Gasteiger partial charge in [0.05, 0.1) is 10.8 Å². The third kappa shape index (κ3) is 3.70. The Bertz CT molecular complexity index is 1090. The lowest BCUT2D eigenvalue weighted by atomic mass is 9.99. The molecule has 0 atom stereocenters. The van der Waals surface area contributed by atoms with Crippen molar-refractivity contribution < 1.29 is 13.2 Å². The van der Waals surface area contributed by atoms with Gasteiger partial charge in [-0.25, -0.2) is 28.2 Å². The highest BCUT2D eigenvalue weighted by molar-refractivity contribution is 7.89. The minimum absolute atomic E-state index is 0.00272. The van der Waals surface area contributed by atoms with Crippen LogP contribution in [0.25, 0.3) is 5.82 Å². The Labute approximate surface area is 161 Å². The normalized spacial score (nSPS) is 14.5. The first-order valence-corrected chi connectivity index (χ1v) is 9.95. The van der Waals surface area contributed by atoms with Gasteiger partial charge in [-0.05, 0) is 30.3 Å². The molecule has 0 unspecified atom stereocenters. The van der Waals surface area contributed by atoms with Crippen LogP contribution in [0, 0.1) is 5.92 Å². The SMILES string of the molecule is NS(=O)(=O)c1ccc(NC(=O)C2CN(c3cc(-n4cccn4)ncn3)C2)cc1. The zero-order chi connectivity index (χ0) is 19.7. The lowest BCUT2D eigenvalue weighted by molar-refractivity contribution is -0.120. The van der Waals surface area contributed by atoms with Crippen molar-refractivity contribution in [1.29, 1.82) is 0 Å². The van der Waals surface area contributed by atoms with E-state index in [1.54, 1.807) is 23.1 Å². The number of sulfonamides is 1. The van der Waals surface area contributed by atoms with Crippen LogP contribution >= 0.6 is 0 Å². The molecule has 1 aliphatic heterocycles. The smallest absolute Gasteiger partial charge is 0.238 e. The van der Waals surface area contributed by atoms with Crippen LogP contribution in [0.1, 0.15) is 0 Å². The van der Waals surface area contributed by atoms with E-state index < -0.39 is 10.0 Å². The van der Waals surface area contributed by atoms with E-state index in [2.05, 4.69) is 20.4 Å². The Balaban J connectivity index is 1.36. The van der Waals surface area contributed by atoms with Crippen molar-refractivity contribution in [1.82, 2.24) is 19.7 Å².